The predicted molar refractivity (Wildman–Crippen MR) is 254 cm³/mol. The fourth-order valence-electron chi connectivity index (χ4n) is 7.75. The van der Waals surface area contributed by atoms with Gasteiger partial charge < -0.3 is 51.9 Å². The number of fused-ring (bicyclic) bond motifs is 2. The van der Waals surface area contributed by atoms with Crippen LogP contribution in [-0.4, -0.2) is 113 Å². The van der Waals surface area contributed by atoms with Crippen LogP contribution in [0.5, 0.6) is 5.88 Å². The first-order valence-corrected chi connectivity index (χ1v) is 28.6. The Morgan fingerprint density at radius 2 is 1.64 bits per heavy atom. The molecule has 1 aliphatic carbocycles. The van der Waals surface area contributed by atoms with Crippen molar-refractivity contribution in [2.24, 2.45) is 0 Å². The van der Waals surface area contributed by atoms with Gasteiger partial charge in [-0.1, -0.05) is 69.3 Å². The van der Waals surface area contributed by atoms with E-state index in [1.165, 1.54) is 23.5 Å². The maximum absolute atomic E-state index is 16.6. The summed E-state index contributed by atoms with van der Waals surface area (Å²) in [6.07, 6.45) is -4.71. The summed E-state index contributed by atoms with van der Waals surface area (Å²) in [4.78, 5) is 49.2. The molecule has 1 saturated carbocycles. The van der Waals surface area contributed by atoms with E-state index in [-0.39, 0.29) is 54.0 Å². The van der Waals surface area contributed by atoms with Gasteiger partial charge in [0.25, 0.3) is 5.91 Å². The molecule has 21 nitrogen and oxygen atoms in total. The Morgan fingerprint density at radius 3 is 2.33 bits per heavy atom. The molecular weight excluding hydrogens is 974 g/mol. The van der Waals surface area contributed by atoms with Crippen LogP contribution in [0.15, 0.2) is 86.0 Å². The Kier molecular flexibility index (Phi) is 15.5. The lowest BCUT2D eigenvalue weighted by atomic mass is 10.1. The molecule has 69 heavy (non-hydrogen) atoms. The quantitative estimate of drug-likeness (QED) is 0.0430. The molecule has 8 rings (SSSR count). The SMILES string of the molecule is CC(C)(C)[Si](C)(C)O[C@H]1[C@@H](OP(=S)(OCCC#N)OC[C@H]2O[C@@H](n3cnc4c(NC(=O)c5ccccc5)ncnc43)[C@H](F)[C@@H]2O[PH](=O)O)[C@H](n2cnc3c(OCc4ccccc4)ncnc32)C[C@@H]1O. The highest BCUT2D eigenvalue weighted by Gasteiger charge is 2.54. The molecule has 1 amide bonds. The molecule has 2 aromatic carbocycles. The Balaban J connectivity index is 1.08. The average Bonchev–Trinajstić information content (AvgIpc) is 4.09. The number of hydrogen-bond acceptors (Lipinski definition) is 18. The molecule has 1 saturated heterocycles. The highest BCUT2D eigenvalue weighted by Crippen LogP contribution is 2.56. The number of alkyl halides is 1. The molecule has 5 heterocycles. The summed E-state index contributed by atoms with van der Waals surface area (Å²) in [6, 6.07) is 19.2. The number of amides is 1. The first-order chi connectivity index (χ1) is 33.0. The molecule has 3 N–H and O–H groups in total. The largest absolute Gasteiger partial charge is 0.471 e. The van der Waals surface area contributed by atoms with E-state index in [0.29, 0.717) is 16.7 Å². The number of halogens is 1. The number of aromatic nitrogens is 8. The van der Waals surface area contributed by atoms with Crippen LogP contribution in [0.1, 0.15) is 61.8 Å². The maximum atomic E-state index is 16.6. The third-order valence-corrected chi connectivity index (χ3v) is 19.5. The molecule has 2 unspecified atom stereocenters. The van der Waals surface area contributed by atoms with Gasteiger partial charge in [0.1, 0.15) is 37.6 Å². The minimum absolute atomic E-state index is 0.0422. The van der Waals surface area contributed by atoms with Crippen LogP contribution in [0.4, 0.5) is 10.2 Å². The van der Waals surface area contributed by atoms with Gasteiger partial charge in [0, 0.05) is 5.56 Å². The van der Waals surface area contributed by atoms with Crippen LogP contribution >= 0.6 is 15.0 Å². The standard InChI is InChI=1S/C43H51FN10O11P2SSi/c1-43(2,3)69(4,5)65-35-29(55)19-28(53-24-51-33-39(53)48-23-49-41(33)59-20-26-13-8-6-9-14-26)34(35)64-67(68,60-18-12-17-45)61-21-30-36(63-66(57)58)31(44)42(62-30)54-25-50-32-37(46-22-47-38(32)54)52-40(56)27-15-10-7-11-16-27/h6-11,13-16,22-25,28-31,34-36,42,55,66H,12,18-21H2,1-5H3,(H,57,58)(H,46,47,52,56)/t28-,29+,30-,31-,34+,35-,36-,42-,67?/m1/s1. The van der Waals surface area contributed by atoms with Gasteiger partial charge in [-0.25, -0.2) is 29.3 Å². The predicted octanol–water partition coefficient (Wildman–Crippen LogP) is 6.75. The van der Waals surface area contributed by atoms with Crippen molar-refractivity contribution < 1.29 is 55.7 Å². The van der Waals surface area contributed by atoms with Gasteiger partial charge in [0.05, 0.1) is 56.6 Å². The topological polar surface area (TPSA) is 262 Å². The molecule has 10 atom stereocenters. The first kappa shape index (κ1) is 50.4. The zero-order valence-corrected chi connectivity index (χ0v) is 41.8. The molecule has 0 radical (unpaired) electrons. The number of anilines is 1. The number of ether oxygens (including phenoxy) is 2. The summed E-state index contributed by atoms with van der Waals surface area (Å²) in [5.74, 6) is -0.197. The van der Waals surface area contributed by atoms with Gasteiger partial charge in [0.15, 0.2) is 48.9 Å². The number of nitriles is 1. The lowest BCUT2D eigenvalue weighted by Gasteiger charge is -2.41. The Bertz CT molecular complexity index is 2880. The zero-order chi connectivity index (χ0) is 49.1. The van der Waals surface area contributed by atoms with Crippen LogP contribution in [-0.2, 0) is 50.2 Å². The number of rotatable bonds is 19. The lowest BCUT2D eigenvalue weighted by Crippen LogP contribution is -2.49. The van der Waals surface area contributed by atoms with Gasteiger partial charge in [0.2, 0.25) is 5.88 Å². The number of benzene rings is 2. The smallest absolute Gasteiger partial charge is 0.327 e. The number of aliphatic hydroxyl groups excluding tert-OH is 1. The fourth-order valence-corrected chi connectivity index (χ4v) is 11.7. The molecule has 2 aliphatic rings. The van der Waals surface area contributed by atoms with Crippen LogP contribution in [0.25, 0.3) is 22.3 Å². The number of imidazole rings is 2. The number of nitrogens with one attached hydrogen (secondary N) is 1. The van der Waals surface area contributed by atoms with E-state index >= 15 is 4.39 Å². The third kappa shape index (κ3) is 11.2. The van der Waals surface area contributed by atoms with Crippen molar-refractivity contribution in [3.05, 3.63) is 97.1 Å². The molecule has 0 spiro atoms. The number of hydrogen-bond donors (Lipinski definition) is 3. The second kappa shape index (κ2) is 21.2. The molecule has 2 fully saturated rings. The normalized spacial score (nSPS) is 24.3. The van der Waals surface area contributed by atoms with Crippen molar-refractivity contribution in [2.45, 2.75) is 107 Å². The third-order valence-electron chi connectivity index (χ3n) is 12.2. The van der Waals surface area contributed by atoms with Crippen molar-refractivity contribution in [2.75, 3.05) is 18.5 Å². The summed E-state index contributed by atoms with van der Waals surface area (Å²) < 4.78 is 75.4. The second-order valence-electron chi connectivity index (χ2n) is 17.8. The van der Waals surface area contributed by atoms with Crippen molar-refractivity contribution in [3.63, 3.8) is 0 Å². The monoisotopic (exact) mass is 1020 g/mol. The highest BCUT2D eigenvalue weighted by atomic mass is 32.5. The van der Waals surface area contributed by atoms with Crippen LogP contribution in [0.3, 0.4) is 0 Å². The summed E-state index contributed by atoms with van der Waals surface area (Å²) >= 11 is 6.06. The maximum Gasteiger partial charge on any atom is 0.327 e. The Hall–Kier alpha value is -4.99. The van der Waals surface area contributed by atoms with E-state index in [0.717, 1.165) is 11.9 Å². The number of carbonyl (C=O) groups excluding carboxylic acids is 1. The van der Waals surface area contributed by atoms with Crippen LogP contribution in [0, 0.1) is 11.3 Å². The molecule has 0 bridgehead atoms. The Labute approximate surface area is 402 Å². The van der Waals surface area contributed by atoms with Gasteiger partial charge in [-0.2, -0.15) is 10.2 Å². The van der Waals surface area contributed by atoms with E-state index in [1.54, 1.807) is 34.9 Å². The molecule has 4 aromatic heterocycles. The van der Waals surface area contributed by atoms with E-state index in [1.807, 2.05) is 49.5 Å². The lowest BCUT2D eigenvalue weighted by molar-refractivity contribution is -0.0494. The minimum Gasteiger partial charge on any atom is -0.471 e. The summed E-state index contributed by atoms with van der Waals surface area (Å²) in [6.45, 7) is 5.53. The molecule has 26 heteroatoms. The molecule has 366 valence electrons. The van der Waals surface area contributed by atoms with Crippen molar-refractivity contribution in [1.29, 1.82) is 5.26 Å². The molecule has 1 aliphatic heterocycles. The summed E-state index contributed by atoms with van der Waals surface area (Å²) in [5, 5.41) is 23.8. The minimum atomic E-state index is -4.07. The summed E-state index contributed by atoms with van der Waals surface area (Å²) in [5.41, 5.74) is 2.17. The van der Waals surface area contributed by atoms with Gasteiger partial charge in [-0.05, 0) is 54.1 Å². The van der Waals surface area contributed by atoms with E-state index in [2.05, 4.69) is 56.0 Å². The second-order valence-corrected chi connectivity index (χ2v) is 26.3. The average molecular weight is 1030 g/mol. The Morgan fingerprint density at radius 1 is 0.971 bits per heavy atom. The zero-order valence-electron chi connectivity index (χ0n) is 38.1. The van der Waals surface area contributed by atoms with Gasteiger partial charge >= 0.3 is 15.0 Å². The fraction of sp³-hybridized carbons (Fsp3) is 0.442. The number of nitrogens with zero attached hydrogens (tertiary/aromatic N) is 9. The van der Waals surface area contributed by atoms with Crippen molar-refractivity contribution in [3.8, 4) is 11.9 Å². The van der Waals surface area contributed by atoms with E-state index in [9.17, 15) is 24.6 Å². The summed E-state index contributed by atoms with van der Waals surface area (Å²) in [7, 11) is -6.43. The van der Waals surface area contributed by atoms with E-state index < -0.39 is 84.8 Å². The van der Waals surface area contributed by atoms with Crippen molar-refractivity contribution in [1.82, 2.24) is 39.0 Å². The highest BCUT2D eigenvalue weighted by molar-refractivity contribution is 8.07. The van der Waals surface area contributed by atoms with Crippen LogP contribution < -0.4 is 10.1 Å². The van der Waals surface area contributed by atoms with Crippen LogP contribution in [0.2, 0.25) is 18.1 Å². The number of aliphatic hydroxyl groups is 1. The van der Waals surface area contributed by atoms with Gasteiger partial charge in [-0.3, -0.25) is 13.9 Å². The van der Waals surface area contributed by atoms with Gasteiger partial charge in [-0.15, -0.1) is 0 Å². The number of carbonyl (C=O) groups is 1. The van der Waals surface area contributed by atoms with E-state index in [4.69, 9.17) is 43.8 Å². The first-order valence-electron chi connectivity index (χ1n) is 21.8. The van der Waals surface area contributed by atoms with Crippen molar-refractivity contribution >= 4 is 69.2 Å². The molecule has 6 aromatic rings. The molecular formula is C43H51FN10O11P2SSi.